The van der Waals surface area contributed by atoms with Gasteiger partial charge in [0.2, 0.25) is 0 Å². The molecule has 0 saturated heterocycles. The van der Waals surface area contributed by atoms with Crippen molar-refractivity contribution in [2.75, 3.05) is 25.6 Å². The SMILES string of the molecule is COc1ccc(N(C)C2(CN)CC(C)C2)cc1. The summed E-state index contributed by atoms with van der Waals surface area (Å²) < 4.78 is 5.18. The van der Waals surface area contributed by atoms with Gasteiger partial charge in [0.1, 0.15) is 5.75 Å². The van der Waals surface area contributed by atoms with Crippen molar-refractivity contribution >= 4 is 5.69 Å². The molecule has 0 bridgehead atoms. The van der Waals surface area contributed by atoms with Crippen LogP contribution >= 0.6 is 0 Å². The highest BCUT2D eigenvalue weighted by atomic mass is 16.5. The maximum Gasteiger partial charge on any atom is 0.119 e. The van der Waals surface area contributed by atoms with Crippen molar-refractivity contribution in [1.82, 2.24) is 0 Å². The van der Waals surface area contributed by atoms with Crippen molar-refractivity contribution in [2.45, 2.75) is 25.3 Å². The number of rotatable bonds is 4. The molecule has 0 spiro atoms. The molecule has 0 radical (unpaired) electrons. The van der Waals surface area contributed by atoms with Crippen LogP contribution < -0.4 is 15.4 Å². The lowest BCUT2D eigenvalue weighted by Gasteiger charge is -2.53. The minimum absolute atomic E-state index is 0.161. The van der Waals surface area contributed by atoms with Gasteiger partial charge in [-0.15, -0.1) is 0 Å². The molecule has 0 aliphatic heterocycles. The average molecular weight is 234 g/mol. The third-order valence-corrected chi connectivity index (χ3v) is 4.01. The van der Waals surface area contributed by atoms with Gasteiger partial charge in [0.15, 0.2) is 0 Å². The minimum Gasteiger partial charge on any atom is -0.497 e. The second-order valence-electron chi connectivity index (χ2n) is 5.20. The first-order valence-corrected chi connectivity index (χ1v) is 6.19. The molecule has 2 rings (SSSR count). The maximum atomic E-state index is 5.96. The molecule has 0 amide bonds. The zero-order valence-corrected chi connectivity index (χ0v) is 10.9. The van der Waals surface area contributed by atoms with Crippen molar-refractivity contribution in [3.63, 3.8) is 0 Å². The third-order valence-electron chi connectivity index (χ3n) is 4.01. The first kappa shape index (κ1) is 12.2. The molecule has 1 fully saturated rings. The zero-order valence-electron chi connectivity index (χ0n) is 10.9. The molecule has 3 nitrogen and oxygen atoms in total. The second kappa shape index (κ2) is 4.57. The Labute approximate surface area is 104 Å². The molecule has 3 heteroatoms. The van der Waals surface area contributed by atoms with Gasteiger partial charge in [0.25, 0.3) is 0 Å². The van der Waals surface area contributed by atoms with Crippen LogP contribution in [-0.4, -0.2) is 26.2 Å². The van der Waals surface area contributed by atoms with Crippen LogP contribution in [0.4, 0.5) is 5.69 Å². The number of hydrogen-bond acceptors (Lipinski definition) is 3. The molecular formula is C14H22N2O. The van der Waals surface area contributed by atoms with Gasteiger partial charge in [-0.2, -0.15) is 0 Å². The number of hydrogen-bond donors (Lipinski definition) is 1. The van der Waals surface area contributed by atoms with Gasteiger partial charge in [-0.1, -0.05) is 6.92 Å². The standard InChI is InChI=1S/C14H22N2O/c1-11-8-14(9-11,10-15)16(2)12-4-6-13(17-3)7-5-12/h4-7,11H,8-10,15H2,1-3H3. The van der Waals surface area contributed by atoms with Crippen LogP contribution in [0.3, 0.4) is 0 Å². The van der Waals surface area contributed by atoms with E-state index in [0.717, 1.165) is 18.2 Å². The molecule has 17 heavy (non-hydrogen) atoms. The highest BCUT2D eigenvalue weighted by Gasteiger charge is 2.44. The van der Waals surface area contributed by atoms with E-state index in [9.17, 15) is 0 Å². The van der Waals surface area contributed by atoms with Gasteiger partial charge in [0.05, 0.1) is 12.6 Å². The van der Waals surface area contributed by atoms with E-state index in [1.54, 1.807) is 7.11 Å². The summed E-state index contributed by atoms with van der Waals surface area (Å²) in [4.78, 5) is 2.33. The summed E-state index contributed by atoms with van der Waals surface area (Å²) in [6, 6.07) is 8.19. The Balaban J connectivity index is 2.15. The topological polar surface area (TPSA) is 38.5 Å². The van der Waals surface area contributed by atoms with Crippen LogP contribution in [-0.2, 0) is 0 Å². The first-order chi connectivity index (χ1) is 8.11. The van der Waals surface area contributed by atoms with Crippen LogP contribution in [0.2, 0.25) is 0 Å². The molecule has 1 saturated carbocycles. The Bertz CT molecular complexity index is 368. The lowest BCUT2D eigenvalue weighted by molar-refractivity contribution is 0.163. The number of nitrogens with zero attached hydrogens (tertiary/aromatic N) is 1. The van der Waals surface area contributed by atoms with Crippen LogP contribution in [0.25, 0.3) is 0 Å². The zero-order chi connectivity index (χ0) is 12.5. The number of likely N-dealkylation sites (N-methyl/N-ethyl adjacent to an activating group) is 1. The predicted molar refractivity (Wildman–Crippen MR) is 71.6 cm³/mol. The number of methoxy groups -OCH3 is 1. The summed E-state index contributed by atoms with van der Waals surface area (Å²) in [5.74, 6) is 1.69. The molecule has 0 heterocycles. The molecule has 1 aliphatic rings. The van der Waals surface area contributed by atoms with E-state index >= 15 is 0 Å². The van der Waals surface area contributed by atoms with Gasteiger partial charge < -0.3 is 15.4 Å². The van der Waals surface area contributed by atoms with Gasteiger partial charge in [0, 0.05) is 19.3 Å². The lowest BCUT2D eigenvalue weighted by atomic mass is 9.68. The monoisotopic (exact) mass is 234 g/mol. The smallest absolute Gasteiger partial charge is 0.119 e. The predicted octanol–water partition coefficient (Wildman–Crippen LogP) is 2.26. The normalized spacial score (nSPS) is 27.4. The lowest BCUT2D eigenvalue weighted by Crippen LogP contribution is -2.60. The van der Waals surface area contributed by atoms with Gasteiger partial charge in [-0.25, -0.2) is 0 Å². The molecular weight excluding hydrogens is 212 g/mol. The van der Waals surface area contributed by atoms with Crippen molar-refractivity contribution in [1.29, 1.82) is 0 Å². The summed E-state index contributed by atoms with van der Waals surface area (Å²) in [7, 11) is 3.83. The summed E-state index contributed by atoms with van der Waals surface area (Å²) in [6.45, 7) is 3.01. The Hall–Kier alpha value is -1.22. The number of anilines is 1. The second-order valence-corrected chi connectivity index (χ2v) is 5.20. The quantitative estimate of drug-likeness (QED) is 0.868. The van der Waals surface area contributed by atoms with Gasteiger partial charge in [-0.05, 0) is 43.0 Å². The largest absolute Gasteiger partial charge is 0.497 e. The Morgan fingerprint density at radius 2 is 1.94 bits per heavy atom. The fourth-order valence-electron chi connectivity index (χ4n) is 2.89. The molecule has 2 N–H and O–H groups in total. The van der Waals surface area contributed by atoms with Crippen LogP contribution in [0.1, 0.15) is 19.8 Å². The number of nitrogens with two attached hydrogens (primary N) is 1. The van der Waals surface area contributed by atoms with Crippen molar-refractivity contribution in [2.24, 2.45) is 11.7 Å². The van der Waals surface area contributed by atoms with E-state index in [1.165, 1.54) is 18.5 Å². The molecule has 0 aromatic heterocycles. The molecule has 1 aromatic carbocycles. The Morgan fingerprint density at radius 3 is 2.35 bits per heavy atom. The summed E-state index contributed by atoms with van der Waals surface area (Å²) in [6.07, 6.45) is 2.37. The number of benzene rings is 1. The fourth-order valence-corrected chi connectivity index (χ4v) is 2.89. The summed E-state index contributed by atoms with van der Waals surface area (Å²) in [5, 5.41) is 0. The van der Waals surface area contributed by atoms with Gasteiger partial charge in [-0.3, -0.25) is 0 Å². The molecule has 0 atom stereocenters. The Morgan fingerprint density at radius 1 is 1.35 bits per heavy atom. The van der Waals surface area contributed by atoms with E-state index in [1.807, 2.05) is 12.1 Å². The van der Waals surface area contributed by atoms with Gasteiger partial charge >= 0.3 is 0 Å². The number of ether oxygens (including phenoxy) is 1. The highest BCUT2D eigenvalue weighted by Crippen LogP contribution is 2.42. The van der Waals surface area contributed by atoms with E-state index in [-0.39, 0.29) is 5.54 Å². The van der Waals surface area contributed by atoms with Crippen molar-refractivity contribution < 1.29 is 4.74 Å². The maximum absolute atomic E-state index is 5.96. The molecule has 1 aromatic rings. The Kier molecular flexibility index (Phi) is 3.29. The fraction of sp³-hybridized carbons (Fsp3) is 0.571. The molecule has 0 unspecified atom stereocenters. The van der Waals surface area contributed by atoms with Crippen LogP contribution in [0, 0.1) is 5.92 Å². The van der Waals surface area contributed by atoms with Crippen LogP contribution in [0.15, 0.2) is 24.3 Å². The highest BCUT2D eigenvalue weighted by molar-refractivity contribution is 5.51. The van der Waals surface area contributed by atoms with E-state index in [0.29, 0.717) is 0 Å². The van der Waals surface area contributed by atoms with E-state index in [4.69, 9.17) is 10.5 Å². The van der Waals surface area contributed by atoms with Crippen LogP contribution in [0.5, 0.6) is 5.75 Å². The van der Waals surface area contributed by atoms with Crippen molar-refractivity contribution in [3.8, 4) is 5.75 Å². The summed E-state index contributed by atoms with van der Waals surface area (Å²) in [5.41, 5.74) is 7.33. The first-order valence-electron chi connectivity index (χ1n) is 6.19. The third kappa shape index (κ3) is 2.12. The summed E-state index contributed by atoms with van der Waals surface area (Å²) >= 11 is 0. The minimum atomic E-state index is 0.161. The van der Waals surface area contributed by atoms with E-state index < -0.39 is 0 Å². The van der Waals surface area contributed by atoms with E-state index in [2.05, 4.69) is 31.0 Å². The van der Waals surface area contributed by atoms with Crippen molar-refractivity contribution in [3.05, 3.63) is 24.3 Å². The average Bonchev–Trinajstić information content (AvgIpc) is 2.34. The molecule has 1 aliphatic carbocycles. The molecule has 94 valence electrons.